The van der Waals surface area contributed by atoms with Crippen LogP contribution in [-0.4, -0.2) is 16.5 Å². The molecule has 0 unspecified atom stereocenters. The maximum absolute atomic E-state index is 6.06. The van der Waals surface area contributed by atoms with Gasteiger partial charge in [0, 0.05) is 11.6 Å². The first-order valence-corrected chi connectivity index (χ1v) is 7.06. The van der Waals surface area contributed by atoms with E-state index in [1.54, 1.807) is 12.1 Å². The second-order valence-electron chi connectivity index (χ2n) is 4.29. The molecule has 20 heavy (non-hydrogen) atoms. The van der Waals surface area contributed by atoms with E-state index in [9.17, 15) is 0 Å². The van der Waals surface area contributed by atoms with Gasteiger partial charge in [0.25, 0.3) is 0 Å². The molecule has 1 aromatic heterocycles. The van der Waals surface area contributed by atoms with Gasteiger partial charge in [-0.3, -0.25) is 0 Å². The maximum atomic E-state index is 6.06. The number of rotatable bonds is 5. The molecular formula is C14H15Cl2N3O. The summed E-state index contributed by atoms with van der Waals surface area (Å²) in [6.45, 7) is 4.78. The quantitative estimate of drug-likeness (QED) is 0.869. The molecule has 2 rings (SSSR count). The van der Waals surface area contributed by atoms with Crippen LogP contribution < -0.4 is 10.1 Å². The fourth-order valence-corrected chi connectivity index (χ4v) is 1.82. The highest BCUT2D eigenvalue weighted by atomic mass is 35.5. The van der Waals surface area contributed by atoms with Crippen molar-refractivity contribution in [1.82, 2.24) is 9.97 Å². The first-order chi connectivity index (χ1) is 9.60. The first kappa shape index (κ1) is 14.9. The van der Waals surface area contributed by atoms with E-state index in [0.717, 1.165) is 18.5 Å². The third-order valence-corrected chi connectivity index (χ3v) is 3.10. The van der Waals surface area contributed by atoms with Gasteiger partial charge in [0.1, 0.15) is 10.8 Å². The Morgan fingerprint density at radius 2 is 2.10 bits per heavy atom. The van der Waals surface area contributed by atoms with E-state index in [-0.39, 0.29) is 0 Å². The third-order valence-electron chi connectivity index (χ3n) is 2.60. The summed E-state index contributed by atoms with van der Waals surface area (Å²) in [6.07, 6.45) is 2.50. The van der Waals surface area contributed by atoms with Crippen LogP contribution in [-0.2, 0) is 0 Å². The van der Waals surface area contributed by atoms with Crippen molar-refractivity contribution in [3.05, 3.63) is 40.0 Å². The van der Waals surface area contributed by atoms with E-state index in [4.69, 9.17) is 27.9 Å². The molecule has 0 spiro atoms. The van der Waals surface area contributed by atoms with Crippen LogP contribution in [0.25, 0.3) is 0 Å². The number of nitrogens with zero attached hydrogens (tertiary/aromatic N) is 2. The van der Waals surface area contributed by atoms with Gasteiger partial charge in [-0.2, -0.15) is 4.98 Å². The Labute approximate surface area is 128 Å². The Morgan fingerprint density at radius 1 is 1.30 bits per heavy atom. The molecule has 1 aromatic carbocycles. The molecule has 4 nitrogen and oxygen atoms in total. The van der Waals surface area contributed by atoms with Gasteiger partial charge in [0.2, 0.25) is 11.8 Å². The Kier molecular flexibility index (Phi) is 5.04. The topological polar surface area (TPSA) is 47.0 Å². The summed E-state index contributed by atoms with van der Waals surface area (Å²) >= 11 is 12.0. The highest BCUT2D eigenvalue weighted by molar-refractivity contribution is 6.31. The molecule has 0 aliphatic rings. The number of benzene rings is 1. The van der Waals surface area contributed by atoms with Crippen LogP contribution >= 0.6 is 23.2 Å². The number of hydrogen-bond acceptors (Lipinski definition) is 4. The van der Waals surface area contributed by atoms with E-state index in [1.807, 2.05) is 13.0 Å². The fourth-order valence-electron chi connectivity index (χ4n) is 1.53. The average molecular weight is 312 g/mol. The molecule has 0 saturated heterocycles. The molecule has 0 aliphatic carbocycles. The van der Waals surface area contributed by atoms with Crippen molar-refractivity contribution in [2.75, 3.05) is 11.9 Å². The molecule has 0 saturated carbocycles. The number of hydrogen-bond donors (Lipinski definition) is 1. The summed E-state index contributed by atoms with van der Waals surface area (Å²) in [7, 11) is 0. The molecule has 0 aliphatic heterocycles. The lowest BCUT2D eigenvalue weighted by Crippen LogP contribution is -2.05. The maximum Gasteiger partial charge on any atom is 0.243 e. The molecule has 6 heteroatoms. The van der Waals surface area contributed by atoms with Gasteiger partial charge in [-0.15, -0.1) is 0 Å². The van der Waals surface area contributed by atoms with Crippen molar-refractivity contribution >= 4 is 29.2 Å². The molecule has 1 N–H and O–H groups in total. The van der Waals surface area contributed by atoms with Crippen molar-refractivity contribution in [3.8, 4) is 11.6 Å². The number of nitrogens with one attached hydrogen (secondary N) is 1. The largest absolute Gasteiger partial charge is 0.437 e. The van der Waals surface area contributed by atoms with Crippen molar-refractivity contribution in [1.29, 1.82) is 0 Å². The summed E-state index contributed by atoms with van der Waals surface area (Å²) in [5, 5.41) is 4.04. The van der Waals surface area contributed by atoms with E-state index >= 15 is 0 Å². The van der Waals surface area contributed by atoms with Gasteiger partial charge < -0.3 is 10.1 Å². The number of ether oxygens (including phenoxy) is 1. The zero-order chi connectivity index (χ0) is 14.5. The van der Waals surface area contributed by atoms with Crippen LogP contribution in [0.15, 0.2) is 24.4 Å². The molecule has 106 valence electrons. The van der Waals surface area contributed by atoms with E-state index in [0.29, 0.717) is 27.6 Å². The van der Waals surface area contributed by atoms with Crippen molar-refractivity contribution in [2.24, 2.45) is 0 Å². The monoisotopic (exact) mass is 311 g/mol. The summed E-state index contributed by atoms with van der Waals surface area (Å²) in [5.41, 5.74) is 0.951. The number of anilines is 1. The van der Waals surface area contributed by atoms with Crippen LogP contribution in [0.2, 0.25) is 10.0 Å². The summed E-state index contributed by atoms with van der Waals surface area (Å²) in [6, 6.07) is 5.41. The van der Waals surface area contributed by atoms with E-state index < -0.39 is 0 Å². The van der Waals surface area contributed by atoms with Crippen LogP contribution in [0.3, 0.4) is 0 Å². The second-order valence-corrected chi connectivity index (χ2v) is 5.13. The van der Waals surface area contributed by atoms with Crippen LogP contribution in [0, 0.1) is 6.92 Å². The minimum atomic E-state index is 0.311. The van der Waals surface area contributed by atoms with E-state index in [2.05, 4.69) is 22.2 Å². The smallest absolute Gasteiger partial charge is 0.243 e. The Balaban J connectivity index is 2.25. The first-order valence-electron chi connectivity index (χ1n) is 6.30. The van der Waals surface area contributed by atoms with Crippen molar-refractivity contribution < 1.29 is 4.74 Å². The van der Waals surface area contributed by atoms with Crippen LogP contribution in [0.5, 0.6) is 11.6 Å². The normalized spacial score (nSPS) is 10.4. The standard InChI is InChI=1S/C14H15Cl2N3O/c1-3-6-17-14-18-8-11(16)13(19-14)20-12-7-10(15)5-4-9(12)2/h4-5,7-8H,3,6H2,1-2H3,(H,17,18,19). The SMILES string of the molecule is CCCNc1ncc(Cl)c(Oc2cc(Cl)ccc2C)n1. The highest BCUT2D eigenvalue weighted by Crippen LogP contribution is 2.31. The van der Waals surface area contributed by atoms with Crippen molar-refractivity contribution in [2.45, 2.75) is 20.3 Å². The molecule has 0 bridgehead atoms. The van der Waals surface area contributed by atoms with Crippen LogP contribution in [0.1, 0.15) is 18.9 Å². The molecule has 0 radical (unpaired) electrons. The van der Waals surface area contributed by atoms with Gasteiger partial charge in [-0.25, -0.2) is 4.98 Å². The lowest BCUT2D eigenvalue weighted by atomic mass is 10.2. The molecular weight excluding hydrogens is 297 g/mol. The summed E-state index contributed by atoms with van der Waals surface area (Å²) < 4.78 is 5.73. The Hall–Kier alpha value is -1.52. The van der Waals surface area contributed by atoms with Gasteiger partial charge in [-0.05, 0) is 31.0 Å². The average Bonchev–Trinajstić information content (AvgIpc) is 2.43. The Bertz CT molecular complexity index is 605. The Morgan fingerprint density at radius 3 is 2.85 bits per heavy atom. The zero-order valence-electron chi connectivity index (χ0n) is 11.3. The summed E-state index contributed by atoms with van der Waals surface area (Å²) in [4.78, 5) is 8.35. The second kappa shape index (κ2) is 6.77. The van der Waals surface area contributed by atoms with Gasteiger partial charge in [-0.1, -0.05) is 36.2 Å². The summed E-state index contributed by atoms with van der Waals surface area (Å²) in [5.74, 6) is 1.43. The number of aromatic nitrogens is 2. The number of aryl methyl sites for hydroxylation is 1. The van der Waals surface area contributed by atoms with Gasteiger partial charge in [0.15, 0.2) is 0 Å². The predicted octanol–water partition coefficient (Wildman–Crippen LogP) is 4.71. The lowest BCUT2D eigenvalue weighted by molar-refractivity contribution is 0.459. The van der Waals surface area contributed by atoms with Gasteiger partial charge >= 0.3 is 0 Å². The van der Waals surface area contributed by atoms with Crippen molar-refractivity contribution in [3.63, 3.8) is 0 Å². The lowest BCUT2D eigenvalue weighted by Gasteiger charge is -2.10. The zero-order valence-corrected chi connectivity index (χ0v) is 12.8. The fraction of sp³-hybridized carbons (Fsp3) is 0.286. The molecule has 2 aromatic rings. The third kappa shape index (κ3) is 3.74. The molecule has 0 amide bonds. The van der Waals surface area contributed by atoms with Crippen LogP contribution in [0.4, 0.5) is 5.95 Å². The molecule has 0 fully saturated rings. The highest BCUT2D eigenvalue weighted by Gasteiger charge is 2.10. The number of halogens is 2. The minimum absolute atomic E-state index is 0.311. The van der Waals surface area contributed by atoms with E-state index in [1.165, 1.54) is 6.20 Å². The van der Waals surface area contributed by atoms with Gasteiger partial charge in [0.05, 0.1) is 6.20 Å². The molecule has 1 heterocycles. The molecule has 0 atom stereocenters. The predicted molar refractivity (Wildman–Crippen MR) is 82.1 cm³/mol. The minimum Gasteiger partial charge on any atom is -0.437 e.